The van der Waals surface area contributed by atoms with E-state index in [-0.39, 0.29) is 17.8 Å². The molecule has 0 aromatic heterocycles. The van der Waals surface area contributed by atoms with Crippen molar-refractivity contribution in [2.75, 3.05) is 7.11 Å². The second kappa shape index (κ2) is 15.4. The van der Waals surface area contributed by atoms with Crippen LogP contribution in [-0.4, -0.2) is 30.5 Å². The standard InChI is InChI=1S/C25H41FO3/c1-4-6-9-16-24(27)20(5-2)13-12-14-21-18-19-23(26)22(21)15-10-7-8-11-17-25(28)29-3/h5,12-14,21-24,27H,2,4,6-11,15-19H2,1,3H3/b14-12+,20-13+/t21-,22+,23+,24?/m0/s1. The summed E-state index contributed by atoms with van der Waals surface area (Å²) in [6, 6.07) is 0. The number of rotatable bonds is 15. The highest BCUT2D eigenvalue weighted by molar-refractivity contribution is 5.68. The number of unbranched alkanes of at least 4 members (excludes halogenated alkanes) is 5. The highest BCUT2D eigenvalue weighted by atomic mass is 19.1. The zero-order valence-electron chi connectivity index (χ0n) is 18.5. The summed E-state index contributed by atoms with van der Waals surface area (Å²) in [4.78, 5) is 11.1. The average molecular weight is 409 g/mol. The number of methoxy groups -OCH3 is 1. The lowest BCUT2D eigenvalue weighted by molar-refractivity contribution is -0.140. The van der Waals surface area contributed by atoms with Gasteiger partial charge in [0.25, 0.3) is 0 Å². The molecular formula is C25H41FO3. The monoisotopic (exact) mass is 408 g/mol. The molecule has 4 atom stereocenters. The minimum absolute atomic E-state index is 0.0851. The molecular weight excluding hydrogens is 367 g/mol. The van der Waals surface area contributed by atoms with Gasteiger partial charge in [-0.05, 0) is 49.5 Å². The maximum atomic E-state index is 14.4. The van der Waals surface area contributed by atoms with Gasteiger partial charge in [0.15, 0.2) is 0 Å². The van der Waals surface area contributed by atoms with Gasteiger partial charge < -0.3 is 9.84 Å². The second-order valence-corrected chi connectivity index (χ2v) is 8.22. The lowest BCUT2D eigenvalue weighted by Crippen LogP contribution is -2.14. The molecule has 1 rings (SSSR count). The molecule has 0 aliphatic heterocycles. The molecule has 0 amide bonds. The first-order valence-electron chi connectivity index (χ1n) is 11.4. The van der Waals surface area contributed by atoms with Crippen LogP contribution in [-0.2, 0) is 9.53 Å². The van der Waals surface area contributed by atoms with E-state index in [1.807, 2.05) is 12.2 Å². The summed E-state index contributed by atoms with van der Waals surface area (Å²) in [5.74, 6) is 0.193. The number of alkyl halides is 1. The van der Waals surface area contributed by atoms with Crippen LogP contribution in [0.15, 0.2) is 36.5 Å². The first-order valence-corrected chi connectivity index (χ1v) is 11.4. The van der Waals surface area contributed by atoms with E-state index < -0.39 is 12.3 Å². The van der Waals surface area contributed by atoms with Crippen LogP contribution >= 0.6 is 0 Å². The molecule has 1 aliphatic carbocycles. The molecule has 1 aliphatic rings. The summed E-state index contributed by atoms with van der Waals surface area (Å²) in [6.07, 6.45) is 17.3. The Morgan fingerprint density at radius 1 is 1.21 bits per heavy atom. The van der Waals surface area contributed by atoms with Gasteiger partial charge in [0.05, 0.1) is 13.2 Å². The van der Waals surface area contributed by atoms with E-state index in [4.69, 9.17) is 0 Å². The number of allylic oxidation sites excluding steroid dienone is 3. The van der Waals surface area contributed by atoms with Gasteiger partial charge in [0.2, 0.25) is 0 Å². The number of hydrogen-bond donors (Lipinski definition) is 1. The number of ether oxygens (including phenoxy) is 1. The molecule has 0 heterocycles. The number of carbonyl (C=O) groups is 1. The van der Waals surface area contributed by atoms with Crippen LogP contribution in [0.5, 0.6) is 0 Å². The Balaban J connectivity index is 2.43. The van der Waals surface area contributed by atoms with Crippen molar-refractivity contribution in [2.24, 2.45) is 11.8 Å². The Morgan fingerprint density at radius 3 is 2.66 bits per heavy atom. The zero-order valence-corrected chi connectivity index (χ0v) is 18.5. The van der Waals surface area contributed by atoms with Crippen LogP contribution in [0.4, 0.5) is 4.39 Å². The third-order valence-electron chi connectivity index (χ3n) is 6.03. The Hall–Kier alpha value is -1.42. The van der Waals surface area contributed by atoms with Crippen LogP contribution in [0.3, 0.4) is 0 Å². The van der Waals surface area contributed by atoms with Gasteiger partial charge in [-0.25, -0.2) is 4.39 Å². The highest BCUT2D eigenvalue weighted by Gasteiger charge is 2.33. The SMILES string of the molecule is C=C/C(=C\C=C\[C@H]1CC[C@@H](F)[C@@H]1CCCCCCC(=O)OC)C(O)CCCCC. The lowest BCUT2D eigenvalue weighted by atomic mass is 9.89. The van der Waals surface area contributed by atoms with Crippen molar-refractivity contribution in [2.45, 2.75) is 96.2 Å². The molecule has 3 nitrogen and oxygen atoms in total. The molecule has 0 spiro atoms. The fourth-order valence-corrected chi connectivity index (χ4v) is 4.17. The molecule has 166 valence electrons. The van der Waals surface area contributed by atoms with Crippen molar-refractivity contribution in [1.29, 1.82) is 0 Å². The van der Waals surface area contributed by atoms with E-state index in [2.05, 4.69) is 24.3 Å². The van der Waals surface area contributed by atoms with Crippen LogP contribution in [0, 0.1) is 11.8 Å². The predicted molar refractivity (Wildman–Crippen MR) is 118 cm³/mol. The van der Waals surface area contributed by atoms with Crippen LogP contribution in [0.2, 0.25) is 0 Å². The third kappa shape index (κ3) is 10.3. The largest absolute Gasteiger partial charge is 0.469 e. The van der Waals surface area contributed by atoms with Gasteiger partial charge in [-0.1, -0.05) is 76.3 Å². The van der Waals surface area contributed by atoms with Crippen LogP contribution in [0.1, 0.15) is 84.0 Å². The minimum atomic E-state index is -0.720. The molecule has 0 bridgehead atoms. The maximum absolute atomic E-state index is 14.4. The fourth-order valence-electron chi connectivity index (χ4n) is 4.17. The summed E-state index contributed by atoms with van der Waals surface area (Å²) < 4.78 is 19.0. The highest BCUT2D eigenvalue weighted by Crippen LogP contribution is 2.38. The number of carbonyl (C=O) groups excluding carboxylic acids is 1. The molecule has 0 saturated heterocycles. The third-order valence-corrected chi connectivity index (χ3v) is 6.03. The summed E-state index contributed by atoms with van der Waals surface area (Å²) in [7, 11) is 1.41. The number of aliphatic hydroxyl groups excluding tert-OH is 1. The van der Waals surface area contributed by atoms with Crippen molar-refractivity contribution in [3.63, 3.8) is 0 Å². The molecule has 0 aromatic carbocycles. The number of halogens is 1. The molecule has 0 aromatic rings. The molecule has 0 radical (unpaired) electrons. The molecule has 1 unspecified atom stereocenters. The quantitative estimate of drug-likeness (QED) is 0.192. The first-order chi connectivity index (χ1) is 14.0. The fraction of sp³-hybridized carbons (Fsp3) is 0.720. The van der Waals surface area contributed by atoms with E-state index in [0.717, 1.165) is 69.8 Å². The molecule has 1 fully saturated rings. The van der Waals surface area contributed by atoms with Crippen molar-refractivity contribution in [1.82, 2.24) is 0 Å². The molecule has 1 saturated carbocycles. The zero-order chi connectivity index (χ0) is 21.5. The van der Waals surface area contributed by atoms with Crippen molar-refractivity contribution in [3.8, 4) is 0 Å². The van der Waals surface area contributed by atoms with Crippen molar-refractivity contribution in [3.05, 3.63) is 36.5 Å². The predicted octanol–water partition coefficient (Wildman–Crippen LogP) is 6.47. The van der Waals surface area contributed by atoms with Gasteiger partial charge in [0, 0.05) is 6.42 Å². The topological polar surface area (TPSA) is 46.5 Å². The smallest absolute Gasteiger partial charge is 0.305 e. The van der Waals surface area contributed by atoms with Gasteiger partial charge >= 0.3 is 5.97 Å². The van der Waals surface area contributed by atoms with E-state index in [1.165, 1.54) is 7.11 Å². The summed E-state index contributed by atoms with van der Waals surface area (Å²) >= 11 is 0. The Labute approximate surface area is 177 Å². The lowest BCUT2D eigenvalue weighted by Gasteiger charge is -2.18. The van der Waals surface area contributed by atoms with Gasteiger partial charge in [-0.15, -0.1) is 0 Å². The second-order valence-electron chi connectivity index (χ2n) is 8.22. The summed E-state index contributed by atoms with van der Waals surface area (Å²) in [6.45, 7) is 5.97. The Bertz CT molecular complexity index is 526. The summed E-state index contributed by atoms with van der Waals surface area (Å²) in [5.41, 5.74) is 0.842. The molecule has 1 N–H and O–H groups in total. The number of aliphatic hydroxyl groups is 1. The van der Waals surface area contributed by atoms with Crippen molar-refractivity contribution < 1.29 is 19.0 Å². The number of esters is 1. The Morgan fingerprint density at radius 2 is 1.97 bits per heavy atom. The van der Waals surface area contributed by atoms with Crippen LogP contribution in [0.25, 0.3) is 0 Å². The Kier molecular flexibility index (Phi) is 13.6. The van der Waals surface area contributed by atoms with Crippen LogP contribution < -0.4 is 0 Å². The normalized spacial score (nSPS) is 23.4. The first kappa shape index (κ1) is 25.6. The van der Waals surface area contributed by atoms with E-state index >= 15 is 0 Å². The molecule has 29 heavy (non-hydrogen) atoms. The minimum Gasteiger partial charge on any atom is -0.469 e. The molecule has 4 heteroatoms. The van der Waals surface area contributed by atoms with E-state index in [9.17, 15) is 14.3 Å². The average Bonchev–Trinajstić information content (AvgIpc) is 3.07. The summed E-state index contributed by atoms with van der Waals surface area (Å²) in [5, 5.41) is 10.3. The van der Waals surface area contributed by atoms with Gasteiger partial charge in [-0.2, -0.15) is 0 Å². The van der Waals surface area contributed by atoms with Crippen molar-refractivity contribution >= 4 is 5.97 Å². The van der Waals surface area contributed by atoms with Gasteiger partial charge in [0.1, 0.15) is 6.17 Å². The van der Waals surface area contributed by atoms with E-state index in [1.54, 1.807) is 6.08 Å². The number of hydrogen-bond acceptors (Lipinski definition) is 3. The maximum Gasteiger partial charge on any atom is 0.305 e. The van der Waals surface area contributed by atoms with Gasteiger partial charge in [-0.3, -0.25) is 4.79 Å². The van der Waals surface area contributed by atoms with E-state index in [0.29, 0.717) is 12.8 Å².